The van der Waals surface area contributed by atoms with Gasteiger partial charge in [-0.3, -0.25) is 9.59 Å². The fourth-order valence-corrected chi connectivity index (χ4v) is 4.26. The summed E-state index contributed by atoms with van der Waals surface area (Å²) in [6.45, 7) is 4.86. The van der Waals surface area contributed by atoms with Gasteiger partial charge < -0.3 is 25.0 Å². The van der Waals surface area contributed by atoms with E-state index in [-0.39, 0.29) is 29.1 Å². The van der Waals surface area contributed by atoms with E-state index in [1.807, 2.05) is 13.8 Å². The van der Waals surface area contributed by atoms with Crippen LogP contribution in [0.25, 0.3) is 0 Å². The first kappa shape index (κ1) is 27.1. The van der Waals surface area contributed by atoms with Gasteiger partial charge in [0.1, 0.15) is 11.3 Å². The van der Waals surface area contributed by atoms with Gasteiger partial charge in [0.2, 0.25) is 17.7 Å². The minimum Gasteiger partial charge on any atom is -0.437 e. The van der Waals surface area contributed by atoms with E-state index in [0.29, 0.717) is 49.1 Å². The fraction of sp³-hybridized carbons (Fsp3) is 0.385. The van der Waals surface area contributed by atoms with Crippen molar-refractivity contribution in [3.05, 3.63) is 64.5 Å². The van der Waals surface area contributed by atoms with Crippen LogP contribution in [0.3, 0.4) is 0 Å². The Hall–Kier alpha value is -3.93. The van der Waals surface area contributed by atoms with E-state index < -0.39 is 23.0 Å². The van der Waals surface area contributed by atoms with Gasteiger partial charge in [-0.05, 0) is 24.1 Å². The average molecular weight is 532 g/mol. The SMILES string of the molecule is COCCNC(=O)C1=CC=C(Nc2ncc(C(F)(F)F)c(Oc3cccc4c3C(=O)N(C)C4)n2)C(C)(C)C1. The highest BCUT2D eigenvalue weighted by molar-refractivity contribution is 6.00. The number of amides is 2. The zero-order valence-electron chi connectivity index (χ0n) is 21.4. The van der Waals surface area contributed by atoms with Crippen LogP contribution in [0.1, 0.15) is 41.8 Å². The Kier molecular flexibility index (Phi) is 7.45. The average Bonchev–Trinajstić information content (AvgIpc) is 3.13. The van der Waals surface area contributed by atoms with Gasteiger partial charge in [-0.25, -0.2) is 4.98 Å². The van der Waals surface area contributed by atoms with Gasteiger partial charge in [0.05, 0.1) is 12.2 Å². The van der Waals surface area contributed by atoms with Gasteiger partial charge in [0.15, 0.2) is 0 Å². The number of carbonyl (C=O) groups excluding carboxylic acids is 2. The molecule has 2 N–H and O–H groups in total. The van der Waals surface area contributed by atoms with Crippen LogP contribution >= 0.6 is 0 Å². The lowest BCUT2D eigenvalue weighted by atomic mass is 9.78. The molecule has 0 unspecified atom stereocenters. The summed E-state index contributed by atoms with van der Waals surface area (Å²) in [6.07, 6.45) is -0.450. The molecule has 9 nitrogen and oxygen atoms in total. The van der Waals surface area contributed by atoms with Crippen LogP contribution in [0.4, 0.5) is 19.1 Å². The van der Waals surface area contributed by atoms with Gasteiger partial charge in [-0.2, -0.15) is 18.2 Å². The van der Waals surface area contributed by atoms with E-state index in [1.54, 1.807) is 38.4 Å². The molecule has 1 aromatic heterocycles. The van der Waals surface area contributed by atoms with Gasteiger partial charge >= 0.3 is 6.18 Å². The van der Waals surface area contributed by atoms with Crippen LogP contribution in [0.15, 0.2) is 47.8 Å². The second kappa shape index (κ2) is 10.4. The monoisotopic (exact) mass is 531 g/mol. The highest BCUT2D eigenvalue weighted by Crippen LogP contribution is 2.41. The highest BCUT2D eigenvalue weighted by Gasteiger charge is 2.38. The molecule has 38 heavy (non-hydrogen) atoms. The number of methoxy groups -OCH3 is 1. The smallest absolute Gasteiger partial charge is 0.423 e. The molecule has 0 spiro atoms. The first-order valence-electron chi connectivity index (χ1n) is 11.9. The number of fused-ring (bicyclic) bond motifs is 1. The number of hydrogen-bond acceptors (Lipinski definition) is 7. The van der Waals surface area contributed by atoms with Crippen molar-refractivity contribution >= 4 is 17.8 Å². The maximum absolute atomic E-state index is 13.8. The zero-order chi connectivity index (χ0) is 27.7. The second-order valence-electron chi connectivity index (χ2n) is 9.67. The lowest BCUT2D eigenvalue weighted by Gasteiger charge is -2.32. The molecule has 1 aromatic carbocycles. The molecule has 1 aliphatic heterocycles. The number of rotatable bonds is 8. The Morgan fingerprint density at radius 3 is 2.68 bits per heavy atom. The number of alkyl halides is 3. The first-order chi connectivity index (χ1) is 17.9. The van der Waals surface area contributed by atoms with Crippen LogP contribution in [-0.4, -0.2) is 54.0 Å². The number of anilines is 1. The summed E-state index contributed by atoms with van der Waals surface area (Å²) in [5, 5.41) is 5.75. The molecule has 2 amide bonds. The third-order valence-corrected chi connectivity index (χ3v) is 6.29. The van der Waals surface area contributed by atoms with Crippen LogP contribution in [0, 0.1) is 5.41 Å². The van der Waals surface area contributed by atoms with E-state index in [2.05, 4.69) is 20.6 Å². The molecule has 1 aliphatic carbocycles. The number of halogens is 3. The van der Waals surface area contributed by atoms with Crippen molar-refractivity contribution < 1.29 is 32.2 Å². The van der Waals surface area contributed by atoms with Crippen molar-refractivity contribution in [1.29, 1.82) is 0 Å². The molecule has 12 heteroatoms. The largest absolute Gasteiger partial charge is 0.437 e. The number of carbonyl (C=O) groups is 2. The van der Waals surface area contributed by atoms with Crippen molar-refractivity contribution in [3.63, 3.8) is 0 Å². The summed E-state index contributed by atoms with van der Waals surface area (Å²) in [6, 6.07) is 4.76. The third-order valence-electron chi connectivity index (χ3n) is 6.29. The van der Waals surface area contributed by atoms with E-state index in [0.717, 1.165) is 0 Å². The van der Waals surface area contributed by atoms with Gasteiger partial charge in [0, 0.05) is 50.1 Å². The quantitative estimate of drug-likeness (QED) is 0.490. The van der Waals surface area contributed by atoms with E-state index in [4.69, 9.17) is 9.47 Å². The first-order valence-corrected chi connectivity index (χ1v) is 11.9. The van der Waals surface area contributed by atoms with E-state index in [1.165, 1.54) is 11.0 Å². The Morgan fingerprint density at radius 1 is 1.24 bits per heavy atom. The number of hydrogen-bond donors (Lipinski definition) is 2. The molecule has 202 valence electrons. The van der Waals surface area contributed by atoms with Crippen LogP contribution in [0.5, 0.6) is 11.6 Å². The molecule has 0 atom stereocenters. The van der Waals surface area contributed by atoms with Crippen molar-refractivity contribution in [3.8, 4) is 11.6 Å². The Morgan fingerprint density at radius 2 is 2.00 bits per heavy atom. The summed E-state index contributed by atoms with van der Waals surface area (Å²) >= 11 is 0. The molecule has 0 fully saturated rings. The lowest BCUT2D eigenvalue weighted by Crippen LogP contribution is -2.33. The lowest BCUT2D eigenvalue weighted by molar-refractivity contribution is -0.139. The molecule has 0 bridgehead atoms. The number of allylic oxidation sites excluding steroid dienone is 3. The van der Waals surface area contributed by atoms with E-state index >= 15 is 0 Å². The fourth-order valence-electron chi connectivity index (χ4n) is 4.26. The topological polar surface area (TPSA) is 106 Å². The second-order valence-corrected chi connectivity index (χ2v) is 9.67. The molecule has 2 heterocycles. The molecule has 2 aliphatic rings. The number of nitrogens with zero attached hydrogens (tertiary/aromatic N) is 3. The van der Waals surface area contributed by atoms with Crippen molar-refractivity contribution in [2.24, 2.45) is 5.41 Å². The predicted molar refractivity (Wildman–Crippen MR) is 132 cm³/mol. The number of nitrogens with one attached hydrogen (secondary N) is 2. The maximum atomic E-state index is 13.8. The molecule has 0 radical (unpaired) electrons. The van der Waals surface area contributed by atoms with Crippen molar-refractivity contribution in [2.45, 2.75) is 33.0 Å². The molecular formula is C26H28F3N5O4. The Bertz CT molecular complexity index is 1320. The Labute approximate surface area is 217 Å². The number of ether oxygens (including phenoxy) is 2. The molecular weight excluding hydrogens is 503 g/mol. The van der Waals surface area contributed by atoms with Gasteiger partial charge in [-0.15, -0.1) is 0 Å². The highest BCUT2D eigenvalue weighted by atomic mass is 19.4. The number of aromatic nitrogens is 2. The normalized spacial score (nSPS) is 16.5. The van der Waals surface area contributed by atoms with Gasteiger partial charge in [-0.1, -0.05) is 32.1 Å². The minimum atomic E-state index is -4.79. The third kappa shape index (κ3) is 5.64. The Balaban J connectivity index is 1.63. The molecule has 4 rings (SSSR count). The summed E-state index contributed by atoms with van der Waals surface area (Å²) in [5.74, 6) is -1.43. The summed E-state index contributed by atoms with van der Waals surface area (Å²) in [7, 11) is 3.14. The van der Waals surface area contributed by atoms with Crippen LogP contribution < -0.4 is 15.4 Å². The molecule has 0 saturated carbocycles. The predicted octanol–water partition coefficient (Wildman–Crippen LogP) is 4.29. The summed E-state index contributed by atoms with van der Waals surface area (Å²) in [4.78, 5) is 34.3. The van der Waals surface area contributed by atoms with Crippen LogP contribution in [0.2, 0.25) is 0 Å². The standard InChI is InChI=1S/C26H28F3N5O4/c1-25(2)12-15(21(35)30-10-11-37-4)8-9-19(25)32-24-31-13-17(26(27,28)29)22(33-24)38-18-7-5-6-16-14-34(3)23(36)20(16)18/h5-9,13H,10-12,14H2,1-4H3,(H,30,35)(H,31,32,33). The van der Waals surface area contributed by atoms with E-state index in [9.17, 15) is 22.8 Å². The maximum Gasteiger partial charge on any atom is 0.423 e. The summed E-state index contributed by atoms with van der Waals surface area (Å²) < 4.78 is 51.9. The molecule has 2 aromatic rings. The molecule has 0 saturated heterocycles. The summed E-state index contributed by atoms with van der Waals surface area (Å²) in [5.41, 5.74) is 0.266. The van der Waals surface area contributed by atoms with Gasteiger partial charge in [0.25, 0.3) is 5.91 Å². The minimum absolute atomic E-state index is 0.0173. The van der Waals surface area contributed by atoms with Crippen molar-refractivity contribution in [2.75, 3.05) is 32.6 Å². The number of benzene rings is 1. The zero-order valence-corrected chi connectivity index (χ0v) is 21.4. The van der Waals surface area contributed by atoms with Crippen LogP contribution in [-0.2, 0) is 22.3 Å². The van der Waals surface area contributed by atoms with Crippen molar-refractivity contribution in [1.82, 2.24) is 20.2 Å².